The van der Waals surface area contributed by atoms with E-state index in [1.54, 1.807) is 0 Å². The molecule has 0 bridgehead atoms. The topological polar surface area (TPSA) is 64.6 Å². The third-order valence-corrected chi connectivity index (χ3v) is 3.67. The molecule has 0 aliphatic heterocycles. The van der Waals surface area contributed by atoms with Gasteiger partial charge < -0.3 is 14.8 Å². The summed E-state index contributed by atoms with van der Waals surface area (Å²) in [5.74, 6) is 0.143. The highest BCUT2D eigenvalue weighted by molar-refractivity contribution is 5.81. The van der Waals surface area contributed by atoms with Crippen LogP contribution in [0.2, 0.25) is 0 Å². The number of amides is 1. The summed E-state index contributed by atoms with van der Waals surface area (Å²) in [4.78, 5) is 24.5. The van der Waals surface area contributed by atoms with Crippen LogP contribution in [0.3, 0.4) is 0 Å². The Labute approximate surface area is 157 Å². The summed E-state index contributed by atoms with van der Waals surface area (Å²) in [6, 6.07) is 8.79. The lowest BCUT2D eigenvalue weighted by molar-refractivity contribution is -0.146. The summed E-state index contributed by atoms with van der Waals surface area (Å²) in [6.07, 6.45) is 1.59. The van der Waals surface area contributed by atoms with Gasteiger partial charge in [0.25, 0.3) is 0 Å². The molecule has 0 aliphatic carbocycles. The second-order valence-corrected chi connectivity index (χ2v) is 8.23. The smallest absolute Gasteiger partial charge is 0.407 e. The van der Waals surface area contributed by atoms with Crippen LogP contribution in [0.25, 0.3) is 0 Å². The van der Waals surface area contributed by atoms with Gasteiger partial charge in [-0.25, -0.2) is 9.59 Å². The predicted molar refractivity (Wildman–Crippen MR) is 103 cm³/mol. The van der Waals surface area contributed by atoms with E-state index in [2.05, 4.69) is 19.2 Å². The van der Waals surface area contributed by atoms with Crippen molar-refractivity contribution in [1.29, 1.82) is 0 Å². The van der Waals surface area contributed by atoms with Gasteiger partial charge in [0.05, 0.1) is 13.2 Å². The zero-order valence-electron chi connectivity index (χ0n) is 16.7. The molecular formula is C21H33NO4. The first-order chi connectivity index (χ1) is 12.2. The number of nitrogens with one attached hydrogen (secondary N) is 1. The summed E-state index contributed by atoms with van der Waals surface area (Å²) >= 11 is 0. The van der Waals surface area contributed by atoms with Crippen molar-refractivity contribution in [2.75, 3.05) is 13.2 Å². The van der Waals surface area contributed by atoms with Crippen molar-refractivity contribution in [2.45, 2.75) is 59.9 Å². The van der Waals surface area contributed by atoms with Crippen molar-refractivity contribution in [3.63, 3.8) is 0 Å². The van der Waals surface area contributed by atoms with Gasteiger partial charge in [0.2, 0.25) is 0 Å². The second kappa shape index (κ2) is 10.8. The quantitative estimate of drug-likeness (QED) is 0.523. The van der Waals surface area contributed by atoms with Gasteiger partial charge in [-0.3, -0.25) is 0 Å². The largest absolute Gasteiger partial charge is 0.464 e. The molecule has 1 N–H and O–H groups in total. The van der Waals surface area contributed by atoms with E-state index in [1.807, 2.05) is 51.1 Å². The Kier molecular flexibility index (Phi) is 9.17. The molecule has 5 nitrogen and oxygen atoms in total. The van der Waals surface area contributed by atoms with Gasteiger partial charge in [-0.2, -0.15) is 0 Å². The minimum atomic E-state index is -0.760. The number of esters is 1. The zero-order valence-corrected chi connectivity index (χ0v) is 16.7. The molecular weight excluding hydrogens is 330 g/mol. The third-order valence-electron chi connectivity index (χ3n) is 3.67. The van der Waals surface area contributed by atoms with E-state index in [9.17, 15) is 9.59 Å². The highest BCUT2D eigenvalue weighted by Crippen LogP contribution is 2.13. The first-order valence-corrected chi connectivity index (χ1v) is 9.31. The Bertz CT molecular complexity index is 549. The molecule has 146 valence electrons. The summed E-state index contributed by atoms with van der Waals surface area (Å²) in [7, 11) is 0. The molecule has 0 heterocycles. The minimum absolute atomic E-state index is 0.135. The maximum atomic E-state index is 12.4. The first kappa shape index (κ1) is 22.0. The average Bonchev–Trinajstić information content (AvgIpc) is 2.56. The molecule has 1 amide bonds. The fraction of sp³-hybridized carbons (Fsp3) is 0.619. The van der Waals surface area contributed by atoms with Crippen molar-refractivity contribution >= 4 is 12.1 Å². The molecule has 1 aromatic carbocycles. The van der Waals surface area contributed by atoms with Crippen LogP contribution in [0.15, 0.2) is 30.3 Å². The number of rotatable bonds is 9. The van der Waals surface area contributed by atoms with E-state index < -0.39 is 18.1 Å². The predicted octanol–water partition coefficient (Wildman–Crippen LogP) is 4.35. The number of hydrogen-bond acceptors (Lipinski definition) is 4. The van der Waals surface area contributed by atoms with Crippen LogP contribution in [0.5, 0.6) is 0 Å². The van der Waals surface area contributed by atoms with Gasteiger partial charge in [0.1, 0.15) is 6.04 Å². The van der Waals surface area contributed by atoms with Crippen LogP contribution in [0.4, 0.5) is 4.79 Å². The molecule has 1 atom stereocenters. The lowest BCUT2D eigenvalue weighted by Gasteiger charge is -2.21. The third kappa shape index (κ3) is 10.1. The van der Waals surface area contributed by atoms with Crippen molar-refractivity contribution < 1.29 is 19.1 Å². The highest BCUT2D eigenvalue weighted by Gasteiger charge is 2.24. The number of hydrogen-bond donors (Lipinski definition) is 1. The number of carbonyl (C=O) groups is 2. The molecule has 0 radical (unpaired) electrons. The van der Waals surface area contributed by atoms with Crippen molar-refractivity contribution in [3.05, 3.63) is 35.9 Å². The lowest BCUT2D eigenvalue weighted by atomic mass is 9.99. The van der Waals surface area contributed by atoms with Crippen molar-refractivity contribution in [2.24, 2.45) is 11.3 Å². The van der Waals surface area contributed by atoms with Gasteiger partial charge in [-0.05, 0) is 29.7 Å². The van der Waals surface area contributed by atoms with Gasteiger partial charge in [-0.15, -0.1) is 0 Å². The molecule has 0 saturated carbocycles. The number of alkyl carbamates (subject to hydrolysis) is 1. The van der Waals surface area contributed by atoms with Gasteiger partial charge in [0.15, 0.2) is 0 Å². The summed E-state index contributed by atoms with van der Waals surface area (Å²) in [5, 5.41) is 2.65. The fourth-order valence-electron chi connectivity index (χ4n) is 2.27. The Hall–Kier alpha value is -2.04. The normalized spacial score (nSPS) is 12.5. The van der Waals surface area contributed by atoms with E-state index in [1.165, 1.54) is 0 Å². The van der Waals surface area contributed by atoms with Gasteiger partial charge in [0, 0.05) is 6.42 Å². The molecule has 1 aromatic rings. The molecule has 0 aliphatic rings. The van der Waals surface area contributed by atoms with Crippen LogP contribution < -0.4 is 5.32 Å². The molecule has 1 unspecified atom stereocenters. The number of carbonyl (C=O) groups excluding carboxylic acids is 2. The van der Waals surface area contributed by atoms with Crippen molar-refractivity contribution in [3.8, 4) is 0 Å². The Morgan fingerprint density at radius 3 is 2.31 bits per heavy atom. The molecule has 0 fully saturated rings. The monoisotopic (exact) mass is 363 g/mol. The van der Waals surface area contributed by atoms with Crippen LogP contribution in [-0.2, 0) is 20.7 Å². The first-order valence-electron chi connectivity index (χ1n) is 9.31. The van der Waals surface area contributed by atoms with Crippen LogP contribution in [0.1, 0.15) is 53.0 Å². The Morgan fingerprint density at radius 2 is 1.73 bits per heavy atom. The summed E-state index contributed by atoms with van der Waals surface area (Å²) in [5.41, 5.74) is 0.816. The molecule has 0 spiro atoms. The highest BCUT2D eigenvalue weighted by atomic mass is 16.6. The standard InChI is InChI=1S/C21H33NO4/c1-16(2)10-9-13-25-19(23)18(14-17-11-7-6-8-12-17)22-20(24)26-15-21(3,4)5/h6-8,11-12,16,18H,9-10,13-15H2,1-5H3,(H,22,24). The van der Waals surface area contributed by atoms with Crippen LogP contribution in [-0.4, -0.2) is 31.3 Å². The van der Waals surface area contributed by atoms with E-state index in [-0.39, 0.29) is 12.0 Å². The van der Waals surface area contributed by atoms with E-state index >= 15 is 0 Å². The fourth-order valence-corrected chi connectivity index (χ4v) is 2.27. The van der Waals surface area contributed by atoms with Gasteiger partial charge in [-0.1, -0.05) is 65.0 Å². The number of benzene rings is 1. The van der Waals surface area contributed by atoms with E-state index in [4.69, 9.17) is 9.47 Å². The average molecular weight is 363 g/mol. The Balaban J connectivity index is 2.63. The van der Waals surface area contributed by atoms with E-state index in [0.717, 1.165) is 18.4 Å². The molecule has 1 rings (SSSR count). The van der Waals surface area contributed by atoms with Crippen LogP contribution >= 0.6 is 0 Å². The lowest BCUT2D eigenvalue weighted by Crippen LogP contribution is -2.44. The number of ether oxygens (including phenoxy) is 2. The van der Waals surface area contributed by atoms with Crippen LogP contribution in [0, 0.1) is 11.3 Å². The molecule has 26 heavy (non-hydrogen) atoms. The minimum Gasteiger partial charge on any atom is -0.464 e. The summed E-state index contributed by atoms with van der Waals surface area (Å²) < 4.78 is 10.6. The SMILES string of the molecule is CC(C)CCCOC(=O)C(Cc1ccccc1)NC(=O)OCC(C)(C)C. The summed E-state index contributed by atoms with van der Waals surface area (Å²) in [6.45, 7) is 10.8. The second-order valence-electron chi connectivity index (χ2n) is 8.23. The maximum Gasteiger partial charge on any atom is 0.407 e. The molecule has 5 heteroatoms. The van der Waals surface area contributed by atoms with Gasteiger partial charge >= 0.3 is 12.1 Å². The maximum absolute atomic E-state index is 12.4. The molecule has 0 saturated heterocycles. The Morgan fingerprint density at radius 1 is 1.08 bits per heavy atom. The van der Waals surface area contributed by atoms with Crippen molar-refractivity contribution in [1.82, 2.24) is 5.32 Å². The molecule has 0 aromatic heterocycles. The van der Waals surface area contributed by atoms with E-state index in [0.29, 0.717) is 18.9 Å². The zero-order chi connectivity index (χ0) is 19.6.